The second-order valence-corrected chi connectivity index (χ2v) is 4.58. The van der Waals surface area contributed by atoms with Crippen LogP contribution in [0.3, 0.4) is 0 Å². The molecule has 1 aliphatic heterocycles. The van der Waals surface area contributed by atoms with Crippen molar-refractivity contribution in [3.63, 3.8) is 0 Å². The summed E-state index contributed by atoms with van der Waals surface area (Å²) in [6.07, 6.45) is 0. The first-order chi connectivity index (χ1) is 8.09. The number of piperazine rings is 1. The van der Waals surface area contributed by atoms with Crippen LogP contribution < -0.4 is 10.6 Å². The second-order valence-electron chi connectivity index (χ2n) is 4.58. The van der Waals surface area contributed by atoms with Crippen LogP contribution >= 0.6 is 0 Å². The van der Waals surface area contributed by atoms with Crippen molar-refractivity contribution >= 4 is 11.6 Å². The van der Waals surface area contributed by atoms with Crippen LogP contribution in [0.5, 0.6) is 0 Å². The van der Waals surface area contributed by atoms with Crippen LogP contribution in [0.4, 0.5) is 5.69 Å². The molecule has 1 saturated heterocycles. The van der Waals surface area contributed by atoms with Crippen molar-refractivity contribution in [3.05, 3.63) is 29.8 Å². The lowest BCUT2D eigenvalue weighted by atomic mass is 10.1. The average Bonchev–Trinajstić information content (AvgIpc) is 2.32. The van der Waals surface area contributed by atoms with E-state index in [4.69, 9.17) is 5.73 Å². The molecule has 17 heavy (non-hydrogen) atoms. The van der Waals surface area contributed by atoms with Gasteiger partial charge >= 0.3 is 0 Å². The Morgan fingerprint density at radius 3 is 2.65 bits per heavy atom. The number of nitrogens with zero attached hydrogens (tertiary/aromatic N) is 2. The number of anilines is 1. The summed E-state index contributed by atoms with van der Waals surface area (Å²) in [4.78, 5) is 15.6. The molecule has 0 spiro atoms. The van der Waals surface area contributed by atoms with Gasteiger partial charge in [-0.15, -0.1) is 0 Å². The van der Waals surface area contributed by atoms with Crippen LogP contribution in [0.25, 0.3) is 0 Å². The highest BCUT2D eigenvalue weighted by Crippen LogP contribution is 2.25. The van der Waals surface area contributed by atoms with Crippen molar-refractivity contribution in [1.29, 1.82) is 0 Å². The highest BCUT2D eigenvalue weighted by Gasteiger charge is 2.23. The lowest BCUT2D eigenvalue weighted by Crippen LogP contribution is -2.48. The summed E-state index contributed by atoms with van der Waals surface area (Å²) in [6.45, 7) is 4.05. The topological polar surface area (TPSA) is 49.6 Å². The molecule has 2 N–H and O–H groups in total. The van der Waals surface area contributed by atoms with Gasteiger partial charge in [0.15, 0.2) is 0 Å². The smallest absolute Gasteiger partial charge is 0.241 e. The zero-order valence-electron chi connectivity index (χ0n) is 10.4. The number of amides is 1. The Balaban J connectivity index is 2.25. The van der Waals surface area contributed by atoms with Gasteiger partial charge in [-0.3, -0.25) is 4.79 Å². The molecule has 1 amide bonds. The third-order valence-corrected chi connectivity index (χ3v) is 3.23. The van der Waals surface area contributed by atoms with E-state index in [1.807, 2.05) is 38.2 Å². The number of hydrogen-bond acceptors (Lipinski definition) is 3. The molecule has 4 nitrogen and oxygen atoms in total. The second kappa shape index (κ2) is 4.75. The standard InChI is InChI=1S/C13H19N3O/c1-10(14)11-5-3-4-6-12(11)16-8-7-15(2)13(17)9-16/h3-6,10H,7-9,14H2,1-2H3/t10-/m1/s1. The zero-order valence-corrected chi connectivity index (χ0v) is 10.4. The van der Waals surface area contributed by atoms with Gasteiger partial charge in [0.05, 0.1) is 6.54 Å². The van der Waals surface area contributed by atoms with Crippen LogP contribution in [0.2, 0.25) is 0 Å². The Morgan fingerprint density at radius 1 is 1.29 bits per heavy atom. The van der Waals surface area contributed by atoms with E-state index in [-0.39, 0.29) is 11.9 Å². The number of likely N-dealkylation sites (N-methyl/N-ethyl adjacent to an activating group) is 1. The largest absolute Gasteiger partial charge is 0.360 e. The van der Waals surface area contributed by atoms with Crippen LogP contribution in [0, 0.1) is 0 Å². The number of carbonyl (C=O) groups excluding carboxylic acids is 1. The van der Waals surface area contributed by atoms with Crippen molar-refractivity contribution in [2.24, 2.45) is 5.73 Å². The zero-order chi connectivity index (χ0) is 12.4. The number of carbonyl (C=O) groups is 1. The monoisotopic (exact) mass is 233 g/mol. The highest BCUT2D eigenvalue weighted by atomic mass is 16.2. The van der Waals surface area contributed by atoms with Gasteiger partial charge in [-0.1, -0.05) is 18.2 Å². The summed E-state index contributed by atoms with van der Waals surface area (Å²) < 4.78 is 0. The minimum Gasteiger partial charge on any atom is -0.360 e. The summed E-state index contributed by atoms with van der Waals surface area (Å²) in [7, 11) is 1.84. The predicted molar refractivity (Wildman–Crippen MR) is 68.9 cm³/mol. The fourth-order valence-corrected chi connectivity index (χ4v) is 2.12. The van der Waals surface area contributed by atoms with Gasteiger partial charge in [-0.25, -0.2) is 0 Å². The molecule has 0 saturated carbocycles. The van der Waals surface area contributed by atoms with Crippen LogP contribution in [0.1, 0.15) is 18.5 Å². The van der Waals surface area contributed by atoms with Gasteiger partial charge in [-0.2, -0.15) is 0 Å². The van der Waals surface area contributed by atoms with E-state index in [2.05, 4.69) is 4.90 Å². The average molecular weight is 233 g/mol. The van der Waals surface area contributed by atoms with Crippen LogP contribution in [-0.2, 0) is 4.79 Å². The molecule has 0 unspecified atom stereocenters. The number of benzene rings is 1. The van der Waals surface area contributed by atoms with Gasteiger partial charge in [0.2, 0.25) is 5.91 Å². The van der Waals surface area contributed by atoms with E-state index in [0.717, 1.165) is 24.3 Å². The van der Waals surface area contributed by atoms with E-state index in [1.165, 1.54) is 0 Å². The first-order valence-electron chi connectivity index (χ1n) is 5.93. The van der Waals surface area contributed by atoms with Gasteiger partial charge in [0.1, 0.15) is 0 Å². The fraction of sp³-hybridized carbons (Fsp3) is 0.462. The predicted octanol–water partition coefficient (Wildman–Crippen LogP) is 0.985. The summed E-state index contributed by atoms with van der Waals surface area (Å²) in [5, 5.41) is 0. The molecule has 1 fully saturated rings. The first-order valence-corrected chi connectivity index (χ1v) is 5.93. The molecule has 0 bridgehead atoms. The lowest BCUT2D eigenvalue weighted by molar-refractivity contribution is -0.129. The molecule has 0 aromatic heterocycles. The highest BCUT2D eigenvalue weighted by molar-refractivity contribution is 5.83. The Labute approximate surface area is 102 Å². The first kappa shape index (κ1) is 11.9. The van der Waals surface area contributed by atoms with Gasteiger partial charge in [0, 0.05) is 31.9 Å². The Morgan fingerprint density at radius 2 is 2.00 bits per heavy atom. The fourth-order valence-electron chi connectivity index (χ4n) is 2.12. The molecule has 1 aliphatic rings. The van der Waals surface area contributed by atoms with E-state index in [0.29, 0.717) is 6.54 Å². The van der Waals surface area contributed by atoms with Gasteiger partial charge < -0.3 is 15.5 Å². The minimum atomic E-state index is -0.0130. The van der Waals surface area contributed by atoms with Crippen LogP contribution in [0.15, 0.2) is 24.3 Å². The number of para-hydroxylation sites is 1. The lowest BCUT2D eigenvalue weighted by Gasteiger charge is -2.35. The molecule has 4 heteroatoms. The third kappa shape index (κ3) is 2.42. The maximum atomic E-state index is 11.7. The number of hydrogen-bond donors (Lipinski definition) is 1. The van der Waals surface area contributed by atoms with E-state index in [9.17, 15) is 4.79 Å². The maximum absolute atomic E-state index is 11.7. The number of rotatable bonds is 2. The van der Waals surface area contributed by atoms with Gasteiger partial charge in [-0.05, 0) is 18.6 Å². The van der Waals surface area contributed by atoms with Crippen molar-refractivity contribution in [2.45, 2.75) is 13.0 Å². The quantitative estimate of drug-likeness (QED) is 0.828. The molecule has 92 valence electrons. The van der Waals surface area contributed by atoms with Crippen LogP contribution in [-0.4, -0.2) is 37.5 Å². The molecular weight excluding hydrogens is 214 g/mol. The number of nitrogens with two attached hydrogens (primary N) is 1. The van der Waals surface area contributed by atoms with Crippen molar-refractivity contribution < 1.29 is 4.79 Å². The Kier molecular flexibility index (Phi) is 3.33. The molecule has 1 atom stereocenters. The molecule has 0 aliphatic carbocycles. The molecule has 1 aromatic rings. The summed E-state index contributed by atoms with van der Waals surface area (Å²) >= 11 is 0. The summed E-state index contributed by atoms with van der Waals surface area (Å²) in [5.41, 5.74) is 8.15. The summed E-state index contributed by atoms with van der Waals surface area (Å²) in [6, 6.07) is 8.03. The molecule has 0 radical (unpaired) electrons. The van der Waals surface area contributed by atoms with E-state index >= 15 is 0 Å². The SMILES string of the molecule is C[C@@H](N)c1ccccc1N1CCN(C)C(=O)C1. The Bertz CT molecular complexity index is 417. The molecular formula is C13H19N3O. The summed E-state index contributed by atoms with van der Waals surface area (Å²) in [5.74, 6) is 0.163. The Hall–Kier alpha value is -1.55. The molecule has 1 heterocycles. The normalized spacial score (nSPS) is 18.4. The van der Waals surface area contributed by atoms with Gasteiger partial charge in [0.25, 0.3) is 0 Å². The van der Waals surface area contributed by atoms with E-state index in [1.54, 1.807) is 4.90 Å². The van der Waals surface area contributed by atoms with Crippen molar-refractivity contribution in [2.75, 3.05) is 31.6 Å². The molecule has 1 aromatic carbocycles. The van der Waals surface area contributed by atoms with Crippen molar-refractivity contribution in [1.82, 2.24) is 4.90 Å². The third-order valence-electron chi connectivity index (χ3n) is 3.23. The molecule has 2 rings (SSSR count). The van der Waals surface area contributed by atoms with Crippen molar-refractivity contribution in [3.8, 4) is 0 Å². The van der Waals surface area contributed by atoms with E-state index < -0.39 is 0 Å². The maximum Gasteiger partial charge on any atom is 0.241 e. The minimum absolute atomic E-state index is 0.0130.